The Morgan fingerprint density at radius 3 is 2.88 bits per heavy atom. The van der Waals surface area contributed by atoms with Crippen molar-refractivity contribution < 1.29 is 4.79 Å². The molecular formula is C11H15N3OS. The highest BCUT2D eigenvalue weighted by Crippen LogP contribution is 2.12. The molecule has 1 fully saturated rings. The number of hydrogen-bond acceptors (Lipinski definition) is 4. The van der Waals surface area contributed by atoms with Crippen LogP contribution in [0.5, 0.6) is 0 Å². The summed E-state index contributed by atoms with van der Waals surface area (Å²) in [5, 5.41) is 6.96. The minimum absolute atomic E-state index is 0.0179. The molecule has 1 aromatic heterocycles. The van der Waals surface area contributed by atoms with E-state index in [4.69, 9.17) is 0 Å². The van der Waals surface area contributed by atoms with Crippen LogP contribution in [0.2, 0.25) is 0 Å². The lowest BCUT2D eigenvalue weighted by atomic mass is 10.0. The lowest BCUT2D eigenvalue weighted by Crippen LogP contribution is -2.37. The van der Waals surface area contributed by atoms with Crippen LogP contribution < -0.4 is 10.6 Å². The zero-order valence-corrected chi connectivity index (χ0v) is 10.3. The Hall–Kier alpha value is -1.20. The van der Waals surface area contributed by atoms with Gasteiger partial charge in [0, 0.05) is 29.7 Å². The van der Waals surface area contributed by atoms with Crippen molar-refractivity contribution >= 4 is 17.2 Å². The van der Waals surface area contributed by atoms with E-state index in [9.17, 15) is 4.79 Å². The molecule has 1 aliphatic heterocycles. The number of nitrogens with one attached hydrogen (secondary N) is 2. The molecule has 0 aliphatic carbocycles. The molecule has 0 saturated carbocycles. The van der Waals surface area contributed by atoms with Gasteiger partial charge < -0.3 is 10.6 Å². The molecule has 0 radical (unpaired) electrons. The van der Waals surface area contributed by atoms with Crippen molar-refractivity contribution in [2.24, 2.45) is 0 Å². The van der Waals surface area contributed by atoms with Crippen molar-refractivity contribution in [1.29, 1.82) is 0 Å². The van der Waals surface area contributed by atoms with Crippen LogP contribution in [-0.4, -0.2) is 24.0 Å². The number of amides is 1. The number of aromatic nitrogens is 1. The number of aryl methyl sites for hydroxylation is 1. The maximum Gasteiger partial charge on any atom is 0.247 e. The molecule has 2 rings (SSSR count). The van der Waals surface area contributed by atoms with Gasteiger partial charge in [-0.2, -0.15) is 0 Å². The maximum absolute atomic E-state index is 11.7. The fraction of sp³-hybridized carbons (Fsp3) is 0.455. The fourth-order valence-corrected chi connectivity index (χ4v) is 2.17. The summed E-state index contributed by atoms with van der Waals surface area (Å²) in [5.41, 5.74) is 2.04. The zero-order valence-electron chi connectivity index (χ0n) is 9.46. The van der Waals surface area contributed by atoms with Crippen LogP contribution in [0, 0.1) is 6.92 Å². The van der Waals surface area contributed by atoms with E-state index in [1.165, 1.54) is 10.5 Å². The molecule has 0 unspecified atom stereocenters. The number of carbonyl (C=O) groups is 1. The van der Waals surface area contributed by atoms with Gasteiger partial charge in [-0.15, -0.1) is 11.3 Å². The predicted molar refractivity (Wildman–Crippen MR) is 64.3 cm³/mol. The van der Waals surface area contributed by atoms with Gasteiger partial charge in [0.2, 0.25) is 5.91 Å². The molecule has 0 spiro atoms. The normalized spacial score (nSPS) is 14.5. The molecule has 1 amide bonds. The minimum Gasteiger partial charge on any atom is -0.346 e. The molecule has 5 heteroatoms. The summed E-state index contributed by atoms with van der Waals surface area (Å²) in [7, 11) is 0. The van der Waals surface area contributed by atoms with Crippen LogP contribution in [0.3, 0.4) is 0 Å². The number of carbonyl (C=O) groups excluding carboxylic acids is 1. The Morgan fingerprint density at radius 1 is 1.62 bits per heavy atom. The van der Waals surface area contributed by atoms with Gasteiger partial charge in [-0.1, -0.05) is 0 Å². The van der Waals surface area contributed by atoms with Crippen molar-refractivity contribution in [3.8, 4) is 0 Å². The van der Waals surface area contributed by atoms with E-state index in [1.54, 1.807) is 11.3 Å². The molecular weight excluding hydrogens is 222 g/mol. The number of nitrogens with zero attached hydrogens (tertiary/aromatic N) is 1. The van der Waals surface area contributed by atoms with Gasteiger partial charge in [-0.05, 0) is 19.4 Å². The molecule has 0 atom stereocenters. The third-order valence-electron chi connectivity index (χ3n) is 2.62. The van der Waals surface area contributed by atoms with Crippen LogP contribution in [0.4, 0.5) is 0 Å². The van der Waals surface area contributed by atoms with Gasteiger partial charge in [0.05, 0.1) is 6.54 Å². The summed E-state index contributed by atoms with van der Waals surface area (Å²) in [6.45, 7) is 6.09. The highest BCUT2D eigenvalue weighted by Gasteiger charge is 2.15. The molecule has 1 saturated heterocycles. The molecule has 1 aliphatic rings. The SMILES string of the molecule is CC(C(=O)NCc1ncc(C)s1)=C1CNC1. The van der Waals surface area contributed by atoms with E-state index < -0.39 is 0 Å². The van der Waals surface area contributed by atoms with Crippen LogP contribution in [0.1, 0.15) is 16.8 Å². The van der Waals surface area contributed by atoms with Crippen molar-refractivity contribution in [2.45, 2.75) is 20.4 Å². The monoisotopic (exact) mass is 237 g/mol. The zero-order chi connectivity index (χ0) is 11.5. The van der Waals surface area contributed by atoms with Gasteiger partial charge >= 0.3 is 0 Å². The third-order valence-corrected chi connectivity index (χ3v) is 3.53. The minimum atomic E-state index is 0.0179. The quantitative estimate of drug-likeness (QED) is 0.771. The van der Waals surface area contributed by atoms with Crippen LogP contribution >= 0.6 is 11.3 Å². The number of thiazole rings is 1. The smallest absolute Gasteiger partial charge is 0.247 e. The second-order valence-electron chi connectivity index (χ2n) is 3.88. The highest BCUT2D eigenvalue weighted by atomic mass is 32.1. The lowest BCUT2D eigenvalue weighted by molar-refractivity contribution is -0.117. The molecule has 16 heavy (non-hydrogen) atoms. The topological polar surface area (TPSA) is 54.0 Å². The van der Waals surface area contributed by atoms with E-state index in [0.717, 1.165) is 23.7 Å². The fourth-order valence-electron chi connectivity index (χ4n) is 1.45. The summed E-state index contributed by atoms with van der Waals surface area (Å²) in [4.78, 5) is 17.1. The molecule has 4 nitrogen and oxygen atoms in total. The second-order valence-corrected chi connectivity index (χ2v) is 5.20. The summed E-state index contributed by atoms with van der Waals surface area (Å²) in [6, 6.07) is 0. The second kappa shape index (κ2) is 4.76. The summed E-state index contributed by atoms with van der Waals surface area (Å²) in [6.07, 6.45) is 1.83. The Kier molecular flexibility index (Phi) is 3.36. The molecule has 2 heterocycles. The predicted octanol–water partition coefficient (Wildman–Crippen LogP) is 0.987. The van der Waals surface area contributed by atoms with Gasteiger partial charge in [0.25, 0.3) is 0 Å². The van der Waals surface area contributed by atoms with Crippen molar-refractivity contribution in [1.82, 2.24) is 15.6 Å². The summed E-state index contributed by atoms with van der Waals surface area (Å²) in [5.74, 6) is 0.0179. The highest BCUT2D eigenvalue weighted by molar-refractivity contribution is 7.11. The van der Waals surface area contributed by atoms with E-state index in [-0.39, 0.29) is 5.91 Å². The van der Waals surface area contributed by atoms with Gasteiger partial charge in [0.15, 0.2) is 0 Å². The Bertz CT molecular complexity index is 430. The Balaban J connectivity index is 1.88. The first kappa shape index (κ1) is 11.3. The summed E-state index contributed by atoms with van der Waals surface area (Å²) < 4.78 is 0. The standard InChI is InChI=1S/C11H15N3OS/c1-7-3-13-10(16-7)6-14-11(15)8(2)9-4-12-5-9/h3,12H,4-6H2,1-2H3,(H,14,15). The third kappa shape index (κ3) is 2.48. The average molecular weight is 237 g/mol. The van der Waals surface area contributed by atoms with E-state index in [1.807, 2.05) is 20.0 Å². The van der Waals surface area contributed by atoms with Crippen LogP contribution in [-0.2, 0) is 11.3 Å². The number of rotatable bonds is 3. The lowest BCUT2D eigenvalue weighted by Gasteiger charge is -2.21. The van der Waals surface area contributed by atoms with Crippen molar-refractivity contribution in [3.63, 3.8) is 0 Å². The van der Waals surface area contributed by atoms with Crippen LogP contribution in [0.25, 0.3) is 0 Å². The molecule has 1 aromatic rings. The van der Waals surface area contributed by atoms with E-state index in [0.29, 0.717) is 6.54 Å². The maximum atomic E-state index is 11.7. The first-order chi connectivity index (χ1) is 7.66. The average Bonchev–Trinajstić information content (AvgIpc) is 2.58. The van der Waals surface area contributed by atoms with Crippen LogP contribution in [0.15, 0.2) is 17.3 Å². The molecule has 86 valence electrons. The first-order valence-electron chi connectivity index (χ1n) is 5.25. The van der Waals surface area contributed by atoms with Gasteiger partial charge in [-0.3, -0.25) is 4.79 Å². The largest absolute Gasteiger partial charge is 0.346 e. The Labute approximate surface area is 98.8 Å². The Morgan fingerprint density at radius 2 is 2.38 bits per heavy atom. The van der Waals surface area contributed by atoms with Crippen molar-refractivity contribution in [3.05, 3.63) is 27.2 Å². The van der Waals surface area contributed by atoms with Gasteiger partial charge in [-0.25, -0.2) is 4.98 Å². The molecule has 0 aromatic carbocycles. The first-order valence-corrected chi connectivity index (χ1v) is 6.07. The van der Waals surface area contributed by atoms with Gasteiger partial charge in [0.1, 0.15) is 5.01 Å². The van der Waals surface area contributed by atoms with E-state index >= 15 is 0 Å². The van der Waals surface area contributed by atoms with Crippen molar-refractivity contribution in [2.75, 3.05) is 13.1 Å². The number of hydrogen-bond donors (Lipinski definition) is 2. The summed E-state index contributed by atoms with van der Waals surface area (Å²) >= 11 is 1.62. The molecule has 2 N–H and O–H groups in total. The molecule has 0 bridgehead atoms. The van der Waals surface area contributed by atoms with E-state index in [2.05, 4.69) is 15.6 Å².